The fraction of sp³-hybridized carbons (Fsp3) is 0.867. The Bertz CT molecular complexity index is 291. The van der Waals surface area contributed by atoms with Gasteiger partial charge in [-0.05, 0) is 30.5 Å². The smallest absolute Gasteiger partial charge is 0.191 e. The van der Waals surface area contributed by atoms with Gasteiger partial charge in [0.1, 0.15) is 6.10 Å². The molecule has 1 fully saturated rings. The Morgan fingerprint density at radius 1 is 1.39 bits per heavy atom. The second-order valence-electron chi connectivity index (χ2n) is 7.11. The molecular weight excluding hydrogens is 240 g/mol. The standard InChI is InChI=1S/C15H30O2Si/c1-12-8-9-13(2)17-14(12)10-11-16-18(6,7)15(3,4)5/h12,14H,2,8-11H2,1,3-7H3. The summed E-state index contributed by atoms with van der Waals surface area (Å²) in [7, 11) is -1.61. The van der Waals surface area contributed by atoms with Crippen molar-refractivity contribution in [2.24, 2.45) is 5.92 Å². The van der Waals surface area contributed by atoms with Gasteiger partial charge >= 0.3 is 0 Å². The zero-order valence-electron chi connectivity index (χ0n) is 13.0. The van der Waals surface area contributed by atoms with E-state index in [1.54, 1.807) is 0 Å². The van der Waals surface area contributed by atoms with Crippen LogP contribution in [0.1, 0.15) is 47.0 Å². The van der Waals surface area contributed by atoms with E-state index in [0.717, 1.165) is 25.2 Å². The summed E-state index contributed by atoms with van der Waals surface area (Å²) < 4.78 is 12.0. The minimum Gasteiger partial charge on any atom is -0.495 e. The van der Waals surface area contributed by atoms with Gasteiger partial charge in [-0.15, -0.1) is 0 Å². The maximum absolute atomic E-state index is 6.21. The van der Waals surface area contributed by atoms with Gasteiger partial charge in [0.05, 0.1) is 5.76 Å². The van der Waals surface area contributed by atoms with Gasteiger partial charge < -0.3 is 9.16 Å². The maximum Gasteiger partial charge on any atom is 0.191 e. The molecule has 1 aliphatic heterocycles. The Balaban J connectivity index is 2.39. The minimum atomic E-state index is -1.61. The lowest BCUT2D eigenvalue weighted by Gasteiger charge is -2.37. The van der Waals surface area contributed by atoms with E-state index in [1.165, 1.54) is 6.42 Å². The third kappa shape index (κ3) is 4.13. The molecule has 1 heterocycles. The van der Waals surface area contributed by atoms with Crippen molar-refractivity contribution in [3.8, 4) is 0 Å². The van der Waals surface area contributed by atoms with Crippen molar-refractivity contribution >= 4 is 8.32 Å². The maximum atomic E-state index is 6.21. The summed E-state index contributed by atoms with van der Waals surface area (Å²) in [5.74, 6) is 1.57. The number of hydrogen-bond donors (Lipinski definition) is 0. The Kier molecular flexibility index (Phi) is 5.07. The molecule has 2 nitrogen and oxygen atoms in total. The van der Waals surface area contributed by atoms with Gasteiger partial charge in [0.2, 0.25) is 0 Å². The highest BCUT2D eigenvalue weighted by atomic mass is 28.4. The van der Waals surface area contributed by atoms with Crippen LogP contribution >= 0.6 is 0 Å². The molecule has 0 saturated carbocycles. The first-order valence-corrected chi connectivity index (χ1v) is 10.0. The Morgan fingerprint density at radius 3 is 2.56 bits per heavy atom. The van der Waals surface area contributed by atoms with Crippen LogP contribution in [0.25, 0.3) is 0 Å². The molecule has 0 aromatic rings. The quantitative estimate of drug-likeness (QED) is 0.688. The average Bonchev–Trinajstić information content (AvgIpc) is 2.21. The van der Waals surface area contributed by atoms with Crippen LogP contribution in [-0.4, -0.2) is 21.0 Å². The molecule has 1 aliphatic rings. The number of ether oxygens (including phenoxy) is 1. The van der Waals surface area contributed by atoms with Gasteiger partial charge in [-0.1, -0.05) is 34.3 Å². The summed E-state index contributed by atoms with van der Waals surface area (Å²) >= 11 is 0. The van der Waals surface area contributed by atoms with Crippen molar-refractivity contribution in [3.05, 3.63) is 12.3 Å². The van der Waals surface area contributed by atoms with E-state index in [0.29, 0.717) is 12.0 Å². The normalized spacial score (nSPS) is 26.0. The van der Waals surface area contributed by atoms with Crippen molar-refractivity contribution in [1.82, 2.24) is 0 Å². The molecule has 3 heteroatoms. The molecule has 0 radical (unpaired) electrons. The van der Waals surface area contributed by atoms with E-state index in [1.807, 2.05) is 0 Å². The second-order valence-corrected chi connectivity index (χ2v) is 11.9. The molecule has 0 spiro atoms. The van der Waals surface area contributed by atoms with E-state index < -0.39 is 8.32 Å². The molecule has 2 atom stereocenters. The Hall–Kier alpha value is -0.283. The van der Waals surface area contributed by atoms with Crippen LogP contribution in [0, 0.1) is 5.92 Å². The van der Waals surface area contributed by atoms with Crippen LogP contribution in [0.15, 0.2) is 12.3 Å². The molecule has 0 aromatic carbocycles. The summed E-state index contributed by atoms with van der Waals surface area (Å²) in [5, 5.41) is 0.287. The van der Waals surface area contributed by atoms with Crippen LogP contribution in [-0.2, 0) is 9.16 Å². The molecule has 0 aliphatic carbocycles. The molecule has 0 aromatic heterocycles. The van der Waals surface area contributed by atoms with Crippen molar-refractivity contribution in [2.75, 3.05) is 6.61 Å². The first-order valence-electron chi connectivity index (χ1n) is 7.12. The highest BCUT2D eigenvalue weighted by Crippen LogP contribution is 2.37. The lowest BCUT2D eigenvalue weighted by molar-refractivity contribution is 0.0164. The number of allylic oxidation sites excluding steroid dienone is 1. The molecular formula is C15H30O2Si. The molecule has 106 valence electrons. The van der Waals surface area contributed by atoms with Crippen molar-refractivity contribution in [1.29, 1.82) is 0 Å². The summed E-state index contributed by atoms with van der Waals surface area (Å²) in [6, 6.07) is 0. The fourth-order valence-electron chi connectivity index (χ4n) is 1.95. The van der Waals surface area contributed by atoms with Gasteiger partial charge in [0.15, 0.2) is 8.32 Å². The van der Waals surface area contributed by atoms with Gasteiger partial charge in [0, 0.05) is 19.4 Å². The van der Waals surface area contributed by atoms with Gasteiger partial charge in [-0.3, -0.25) is 0 Å². The van der Waals surface area contributed by atoms with Crippen LogP contribution in [0.5, 0.6) is 0 Å². The highest BCUT2D eigenvalue weighted by Gasteiger charge is 2.37. The average molecular weight is 270 g/mol. The van der Waals surface area contributed by atoms with Crippen LogP contribution < -0.4 is 0 Å². The summed E-state index contributed by atoms with van der Waals surface area (Å²) in [4.78, 5) is 0. The molecule has 18 heavy (non-hydrogen) atoms. The van der Waals surface area contributed by atoms with E-state index in [9.17, 15) is 0 Å². The van der Waals surface area contributed by atoms with E-state index in [-0.39, 0.29) is 5.04 Å². The minimum absolute atomic E-state index is 0.287. The summed E-state index contributed by atoms with van der Waals surface area (Å²) in [6.07, 6.45) is 3.51. The first kappa shape index (κ1) is 15.8. The largest absolute Gasteiger partial charge is 0.495 e. The van der Waals surface area contributed by atoms with Crippen LogP contribution in [0.4, 0.5) is 0 Å². The monoisotopic (exact) mass is 270 g/mol. The van der Waals surface area contributed by atoms with E-state index >= 15 is 0 Å². The summed E-state index contributed by atoms with van der Waals surface area (Å²) in [5.41, 5.74) is 0. The molecule has 1 rings (SSSR count). The molecule has 2 unspecified atom stereocenters. The first-order chi connectivity index (χ1) is 8.13. The lowest BCUT2D eigenvalue weighted by Crippen LogP contribution is -2.41. The van der Waals surface area contributed by atoms with Gasteiger partial charge in [0.25, 0.3) is 0 Å². The zero-order valence-corrected chi connectivity index (χ0v) is 14.0. The highest BCUT2D eigenvalue weighted by molar-refractivity contribution is 6.74. The Labute approximate surface area is 114 Å². The topological polar surface area (TPSA) is 18.5 Å². The molecule has 0 amide bonds. The fourth-order valence-corrected chi connectivity index (χ4v) is 3.02. The van der Waals surface area contributed by atoms with Crippen molar-refractivity contribution in [3.63, 3.8) is 0 Å². The lowest BCUT2D eigenvalue weighted by atomic mass is 9.93. The third-order valence-electron chi connectivity index (χ3n) is 4.50. The molecule has 0 bridgehead atoms. The second kappa shape index (κ2) is 5.79. The van der Waals surface area contributed by atoms with Crippen molar-refractivity contribution < 1.29 is 9.16 Å². The summed E-state index contributed by atoms with van der Waals surface area (Å²) in [6.45, 7) is 18.5. The van der Waals surface area contributed by atoms with Crippen LogP contribution in [0.3, 0.4) is 0 Å². The van der Waals surface area contributed by atoms with E-state index in [2.05, 4.69) is 47.4 Å². The zero-order chi connectivity index (χ0) is 14.0. The molecule has 0 N–H and O–H groups in total. The van der Waals surface area contributed by atoms with E-state index in [4.69, 9.17) is 9.16 Å². The number of hydrogen-bond acceptors (Lipinski definition) is 2. The van der Waals surface area contributed by atoms with Gasteiger partial charge in [-0.25, -0.2) is 0 Å². The third-order valence-corrected chi connectivity index (χ3v) is 9.04. The van der Waals surface area contributed by atoms with Gasteiger partial charge in [-0.2, -0.15) is 0 Å². The van der Waals surface area contributed by atoms with Crippen molar-refractivity contribution in [2.45, 2.75) is 71.2 Å². The molecule has 1 saturated heterocycles. The SMILES string of the molecule is C=C1CCC(C)C(CCO[Si](C)(C)C(C)(C)C)O1. The van der Waals surface area contributed by atoms with Crippen LogP contribution in [0.2, 0.25) is 18.1 Å². The predicted octanol–water partition coefficient (Wildman–Crippen LogP) is 4.73. The Morgan fingerprint density at radius 2 is 2.00 bits per heavy atom. The number of rotatable bonds is 4. The predicted molar refractivity (Wildman–Crippen MR) is 80.2 cm³/mol.